The van der Waals surface area contributed by atoms with E-state index < -0.39 is 23.8 Å². The summed E-state index contributed by atoms with van der Waals surface area (Å²) in [4.78, 5) is 38.7. The number of nitrogens with one attached hydrogen (secondary N) is 3. The lowest BCUT2D eigenvalue weighted by molar-refractivity contribution is 0.0601. The zero-order valence-electron chi connectivity index (χ0n) is 20.9. The number of ether oxygens (including phenoxy) is 1. The van der Waals surface area contributed by atoms with E-state index in [-0.39, 0.29) is 29.5 Å². The minimum Gasteiger partial charge on any atom is -0.465 e. The van der Waals surface area contributed by atoms with E-state index >= 15 is 0 Å². The molecule has 0 aromatic heterocycles. The minimum absolute atomic E-state index is 0.0114. The van der Waals surface area contributed by atoms with Crippen LogP contribution in [0.15, 0.2) is 66.7 Å². The number of hydrogen-bond acceptors (Lipinski definition) is 6. The normalized spacial score (nSPS) is 11.5. The summed E-state index contributed by atoms with van der Waals surface area (Å²) in [5.41, 5.74) is 8.06. The first-order chi connectivity index (χ1) is 17.7. The van der Waals surface area contributed by atoms with Crippen molar-refractivity contribution in [3.63, 3.8) is 0 Å². The molecule has 0 aliphatic rings. The molecule has 6 N–H and O–H groups in total. The third kappa shape index (κ3) is 6.39. The van der Waals surface area contributed by atoms with Crippen LogP contribution < -0.4 is 16.4 Å². The van der Waals surface area contributed by atoms with Crippen LogP contribution >= 0.6 is 0 Å². The molecule has 1 atom stereocenters. The van der Waals surface area contributed by atoms with Gasteiger partial charge in [-0.2, -0.15) is 0 Å². The largest absolute Gasteiger partial charge is 0.465 e. The van der Waals surface area contributed by atoms with E-state index in [1.807, 2.05) is 13.8 Å². The first-order valence-electron chi connectivity index (χ1n) is 11.7. The number of carbonyl (C=O) groups is 3. The van der Waals surface area contributed by atoms with Crippen LogP contribution in [0, 0.1) is 11.3 Å². The summed E-state index contributed by atoms with van der Waals surface area (Å²) in [7, 11) is 1.24. The summed E-state index contributed by atoms with van der Waals surface area (Å²) < 4.78 is 4.96. The smallest absolute Gasteiger partial charge is 0.338 e. The summed E-state index contributed by atoms with van der Waals surface area (Å²) >= 11 is 0. The van der Waals surface area contributed by atoms with Gasteiger partial charge in [-0.15, -0.1) is 0 Å². The summed E-state index contributed by atoms with van der Waals surface area (Å²) in [5, 5.41) is 22.6. The van der Waals surface area contributed by atoms with Gasteiger partial charge in [-0.3, -0.25) is 15.0 Å². The Balaban J connectivity index is 1.98. The van der Waals surface area contributed by atoms with Crippen LogP contribution in [0.1, 0.15) is 50.5 Å². The molecule has 37 heavy (non-hydrogen) atoms. The zero-order chi connectivity index (χ0) is 27.1. The van der Waals surface area contributed by atoms with E-state index in [0.29, 0.717) is 27.9 Å². The number of amidine groups is 1. The van der Waals surface area contributed by atoms with E-state index in [4.69, 9.17) is 15.9 Å². The minimum atomic E-state index is -0.665. The maximum Gasteiger partial charge on any atom is 0.338 e. The van der Waals surface area contributed by atoms with Crippen LogP contribution in [0.25, 0.3) is 11.1 Å². The number of benzene rings is 3. The van der Waals surface area contributed by atoms with Gasteiger partial charge in [0.15, 0.2) is 0 Å². The Bertz CT molecular complexity index is 1320. The molecule has 0 radical (unpaired) electrons. The topological polar surface area (TPSA) is 155 Å². The van der Waals surface area contributed by atoms with E-state index in [2.05, 4.69) is 10.6 Å². The molecular weight excluding hydrogens is 472 g/mol. The molecule has 9 heteroatoms. The lowest BCUT2D eigenvalue weighted by atomic mass is 9.93. The lowest BCUT2D eigenvalue weighted by Gasteiger charge is -2.20. The van der Waals surface area contributed by atoms with E-state index in [9.17, 15) is 19.5 Å². The van der Waals surface area contributed by atoms with Gasteiger partial charge in [0.2, 0.25) is 0 Å². The first kappa shape index (κ1) is 27.1. The van der Waals surface area contributed by atoms with Crippen LogP contribution in [-0.4, -0.2) is 48.5 Å². The van der Waals surface area contributed by atoms with E-state index in [0.717, 1.165) is 0 Å². The molecule has 3 rings (SSSR count). The van der Waals surface area contributed by atoms with Crippen molar-refractivity contribution in [1.82, 2.24) is 5.32 Å². The number of amides is 2. The third-order valence-electron chi connectivity index (χ3n) is 5.92. The highest BCUT2D eigenvalue weighted by Gasteiger charge is 2.22. The standard InChI is InChI=1S/C28H30N4O5/c1-16(2)24(15-33)32-26(34)18-10-13-21(23(14-18)28(36)37-3)20-6-4-5-7-22(20)27(35)31-19-11-8-17(9-12-19)25(29)30/h4-14,16,24,33H,15H2,1-3H3,(H3,29,30)(H,31,35)(H,32,34). The molecular formula is C28H30N4O5. The second-order valence-electron chi connectivity index (χ2n) is 8.75. The number of hydrogen-bond donors (Lipinski definition) is 5. The molecule has 0 aliphatic heterocycles. The van der Waals surface area contributed by atoms with Crippen LogP contribution in [0.4, 0.5) is 5.69 Å². The second kappa shape index (κ2) is 12.0. The predicted molar refractivity (Wildman–Crippen MR) is 142 cm³/mol. The molecule has 0 saturated heterocycles. The fraction of sp³-hybridized carbons (Fsp3) is 0.214. The van der Waals surface area contributed by atoms with Crippen LogP contribution in [0.2, 0.25) is 0 Å². The summed E-state index contributed by atoms with van der Waals surface area (Å²) in [6, 6.07) is 17.4. The number of nitrogens with two attached hydrogens (primary N) is 1. The SMILES string of the molecule is COC(=O)c1cc(C(=O)NC(CO)C(C)C)ccc1-c1ccccc1C(=O)Nc1ccc(C(=N)N)cc1. The van der Waals surface area contributed by atoms with Crippen molar-refractivity contribution in [3.8, 4) is 11.1 Å². The molecule has 3 aromatic carbocycles. The highest BCUT2D eigenvalue weighted by molar-refractivity contribution is 6.11. The number of esters is 1. The Hall–Kier alpha value is -4.50. The number of aliphatic hydroxyl groups excluding tert-OH is 1. The Kier molecular flexibility index (Phi) is 8.76. The van der Waals surface area contributed by atoms with E-state index in [1.165, 1.54) is 13.2 Å². The number of methoxy groups -OCH3 is 1. The first-order valence-corrected chi connectivity index (χ1v) is 11.7. The maximum atomic E-state index is 13.2. The number of anilines is 1. The van der Waals surface area contributed by atoms with Crippen molar-refractivity contribution >= 4 is 29.3 Å². The third-order valence-corrected chi connectivity index (χ3v) is 5.92. The van der Waals surface area contributed by atoms with Crippen LogP contribution in [0.3, 0.4) is 0 Å². The molecule has 2 amide bonds. The quantitative estimate of drug-likeness (QED) is 0.172. The molecule has 0 spiro atoms. The number of rotatable bonds is 9. The van der Waals surface area contributed by atoms with Crippen LogP contribution in [0.5, 0.6) is 0 Å². The molecule has 0 saturated carbocycles. The summed E-state index contributed by atoms with van der Waals surface area (Å²) in [6.45, 7) is 3.54. The molecule has 0 fully saturated rings. The van der Waals surface area contributed by atoms with Gasteiger partial charge in [0.1, 0.15) is 5.84 Å². The van der Waals surface area contributed by atoms with Crippen molar-refractivity contribution in [2.75, 3.05) is 19.0 Å². The van der Waals surface area contributed by atoms with Gasteiger partial charge in [-0.05, 0) is 59.5 Å². The van der Waals surface area contributed by atoms with Gasteiger partial charge < -0.3 is 26.2 Å². The maximum absolute atomic E-state index is 13.2. The van der Waals surface area contributed by atoms with Gasteiger partial charge in [-0.25, -0.2) is 4.79 Å². The van der Waals surface area contributed by atoms with Gasteiger partial charge >= 0.3 is 5.97 Å². The lowest BCUT2D eigenvalue weighted by Crippen LogP contribution is -2.41. The van der Waals surface area contributed by atoms with E-state index in [1.54, 1.807) is 60.7 Å². The number of aliphatic hydroxyl groups is 1. The molecule has 3 aromatic rings. The Morgan fingerprint density at radius 3 is 2.14 bits per heavy atom. The molecule has 0 bridgehead atoms. The molecule has 0 aliphatic carbocycles. The van der Waals surface area contributed by atoms with Crippen LogP contribution in [-0.2, 0) is 4.74 Å². The van der Waals surface area contributed by atoms with Crippen molar-refractivity contribution in [1.29, 1.82) is 5.41 Å². The number of nitrogen functional groups attached to an aromatic ring is 1. The van der Waals surface area contributed by atoms with Crippen molar-refractivity contribution in [2.45, 2.75) is 19.9 Å². The van der Waals surface area contributed by atoms with Gasteiger partial charge in [0.05, 0.1) is 25.3 Å². The van der Waals surface area contributed by atoms with Crippen molar-refractivity contribution < 1.29 is 24.2 Å². The highest BCUT2D eigenvalue weighted by Crippen LogP contribution is 2.29. The highest BCUT2D eigenvalue weighted by atomic mass is 16.5. The molecule has 0 heterocycles. The zero-order valence-corrected chi connectivity index (χ0v) is 20.9. The van der Waals surface area contributed by atoms with Crippen molar-refractivity contribution in [2.24, 2.45) is 11.7 Å². The average Bonchev–Trinajstić information content (AvgIpc) is 2.90. The Morgan fingerprint density at radius 2 is 1.54 bits per heavy atom. The molecule has 9 nitrogen and oxygen atoms in total. The Morgan fingerprint density at radius 1 is 0.919 bits per heavy atom. The molecule has 192 valence electrons. The molecule has 1 unspecified atom stereocenters. The fourth-order valence-corrected chi connectivity index (χ4v) is 3.72. The van der Waals surface area contributed by atoms with Crippen molar-refractivity contribution in [3.05, 3.63) is 89.0 Å². The number of carbonyl (C=O) groups excluding carboxylic acids is 3. The fourth-order valence-electron chi connectivity index (χ4n) is 3.72. The average molecular weight is 503 g/mol. The summed E-state index contributed by atoms with van der Waals surface area (Å²) in [5.74, 6) is -1.58. The summed E-state index contributed by atoms with van der Waals surface area (Å²) in [6.07, 6.45) is 0. The van der Waals surface area contributed by atoms with Gasteiger partial charge in [-0.1, -0.05) is 38.1 Å². The monoisotopic (exact) mass is 502 g/mol. The van der Waals surface area contributed by atoms with Gasteiger partial charge in [0, 0.05) is 22.4 Å². The Labute approximate surface area is 215 Å². The van der Waals surface area contributed by atoms with Gasteiger partial charge in [0.25, 0.3) is 11.8 Å². The predicted octanol–water partition coefficient (Wildman–Crippen LogP) is 3.42. The second-order valence-corrected chi connectivity index (χ2v) is 8.75.